The van der Waals surface area contributed by atoms with E-state index in [0.29, 0.717) is 6.04 Å². The van der Waals surface area contributed by atoms with Gasteiger partial charge in [-0.2, -0.15) is 5.10 Å². The smallest absolute Gasteiger partial charge is 0.137 e. The van der Waals surface area contributed by atoms with Crippen molar-refractivity contribution < 1.29 is 4.74 Å². The van der Waals surface area contributed by atoms with Crippen molar-refractivity contribution in [2.45, 2.75) is 31.9 Å². The molecule has 184 valence electrons. The first-order valence-corrected chi connectivity index (χ1v) is 12.5. The Balaban J connectivity index is 1.22. The molecule has 2 N–H and O–H groups in total. The van der Waals surface area contributed by atoms with Crippen LogP contribution in [0.1, 0.15) is 31.4 Å². The predicted octanol–water partition coefficient (Wildman–Crippen LogP) is 5.17. The second-order valence-electron chi connectivity index (χ2n) is 9.77. The Labute approximate surface area is 210 Å². The standard InChI is InChI=1S/C28H31N7O/c1-18(22-8-12-29-28-23(22)9-13-30-28)36-21-5-6-25-24(16-21)27(33-32-25)19-4-7-26(31-17-19)35-14-10-20(11-15-35)34(2)3/h4-9,12-13,16-18,20H,10-11,14-15H2,1-3H3,(H,29,30)(H,32,33). The third-order valence-corrected chi connectivity index (χ3v) is 7.32. The van der Waals surface area contributed by atoms with Gasteiger partial charge >= 0.3 is 0 Å². The summed E-state index contributed by atoms with van der Waals surface area (Å²) < 4.78 is 6.36. The molecule has 4 aromatic heterocycles. The average Bonchev–Trinajstić information content (AvgIpc) is 3.56. The van der Waals surface area contributed by atoms with Gasteiger partial charge in [0.05, 0.1) is 5.52 Å². The van der Waals surface area contributed by atoms with Crippen LogP contribution in [0.4, 0.5) is 5.82 Å². The first-order valence-electron chi connectivity index (χ1n) is 12.5. The summed E-state index contributed by atoms with van der Waals surface area (Å²) in [4.78, 5) is 17.0. The van der Waals surface area contributed by atoms with Crippen molar-refractivity contribution in [3.63, 3.8) is 0 Å². The minimum absolute atomic E-state index is 0.128. The van der Waals surface area contributed by atoms with E-state index < -0.39 is 0 Å². The van der Waals surface area contributed by atoms with E-state index in [0.717, 1.165) is 76.3 Å². The highest BCUT2D eigenvalue weighted by molar-refractivity contribution is 5.93. The molecule has 0 amide bonds. The van der Waals surface area contributed by atoms with Gasteiger partial charge in [0.1, 0.15) is 29.0 Å². The number of piperidine rings is 1. The summed E-state index contributed by atoms with van der Waals surface area (Å²) in [6.07, 6.45) is 7.85. The maximum atomic E-state index is 6.36. The number of anilines is 1. The predicted molar refractivity (Wildman–Crippen MR) is 143 cm³/mol. The molecule has 0 aliphatic carbocycles. The Morgan fingerprint density at radius 3 is 2.67 bits per heavy atom. The van der Waals surface area contributed by atoms with Crippen LogP contribution in [0.2, 0.25) is 0 Å². The van der Waals surface area contributed by atoms with Crippen LogP contribution in [-0.2, 0) is 0 Å². The monoisotopic (exact) mass is 481 g/mol. The second kappa shape index (κ2) is 9.28. The van der Waals surface area contributed by atoms with Gasteiger partial charge in [0.15, 0.2) is 0 Å². The molecule has 8 heteroatoms. The second-order valence-corrected chi connectivity index (χ2v) is 9.77. The molecule has 5 heterocycles. The third-order valence-electron chi connectivity index (χ3n) is 7.32. The van der Waals surface area contributed by atoms with E-state index >= 15 is 0 Å². The van der Waals surface area contributed by atoms with Gasteiger partial charge in [-0.05, 0) is 76.3 Å². The number of nitrogens with zero attached hydrogens (tertiary/aromatic N) is 5. The molecule has 0 spiro atoms. The average molecular weight is 482 g/mol. The van der Waals surface area contributed by atoms with Crippen molar-refractivity contribution in [1.82, 2.24) is 30.0 Å². The van der Waals surface area contributed by atoms with Crippen LogP contribution in [0, 0.1) is 0 Å². The van der Waals surface area contributed by atoms with E-state index in [1.54, 1.807) is 0 Å². The SMILES string of the molecule is CC(Oc1ccc2[nH]nc(-c3ccc(N4CCC(N(C)C)CC4)nc3)c2c1)c1ccnc2[nH]ccc12. The number of aromatic amines is 2. The number of fused-ring (bicyclic) bond motifs is 2. The third kappa shape index (κ3) is 4.18. The highest BCUT2D eigenvalue weighted by Crippen LogP contribution is 2.33. The minimum atomic E-state index is -0.128. The Morgan fingerprint density at radius 2 is 1.89 bits per heavy atom. The van der Waals surface area contributed by atoms with E-state index in [1.165, 1.54) is 0 Å². The zero-order valence-corrected chi connectivity index (χ0v) is 20.9. The largest absolute Gasteiger partial charge is 0.486 e. The molecule has 0 saturated carbocycles. The van der Waals surface area contributed by atoms with Crippen LogP contribution in [0.3, 0.4) is 0 Å². The lowest BCUT2D eigenvalue weighted by Crippen LogP contribution is -2.42. The molecule has 5 aromatic rings. The van der Waals surface area contributed by atoms with Crippen molar-refractivity contribution in [3.8, 4) is 17.0 Å². The lowest BCUT2D eigenvalue weighted by molar-refractivity contribution is 0.229. The first-order chi connectivity index (χ1) is 17.6. The van der Waals surface area contributed by atoms with Crippen molar-refractivity contribution in [3.05, 3.63) is 66.6 Å². The van der Waals surface area contributed by atoms with E-state index in [1.807, 2.05) is 42.9 Å². The zero-order valence-electron chi connectivity index (χ0n) is 20.9. The van der Waals surface area contributed by atoms with Gasteiger partial charge < -0.3 is 19.5 Å². The van der Waals surface area contributed by atoms with Crippen LogP contribution >= 0.6 is 0 Å². The summed E-state index contributed by atoms with van der Waals surface area (Å²) in [5.74, 6) is 1.83. The molecular weight excluding hydrogens is 450 g/mol. The van der Waals surface area contributed by atoms with Gasteiger partial charge in [0.25, 0.3) is 0 Å². The normalized spacial score (nSPS) is 15.7. The van der Waals surface area contributed by atoms with E-state index in [-0.39, 0.29) is 6.10 Å². The van der Waals surface area contributed by atoms with E-state index in [4.69, 9.17) is 9.72 Å². The molecule has 1 saturated heterocycles. The van der Waals surface area contributed by atoms with Gasteiger partial charge in [-0.25, -0.2) is 9.97 Å². The molecule has 8 nitrogen and oxygen atoms in total. The number of benzene rings is 1. The number of H-pyrrole nitrogens is 2. The lowest BCUT2D eigenvalue weighted by Gasteiger charge is -2.35. The van der Waals surface area contributed by atoms with Crippen LogP contribution in [0.25, 0.3) is 33.2 Å². The number of pyridine rings is 2. The first kappa shape index (κ1) is 22.5. The number of hydrogen-bond acceptors (Lipinski definition) is 6. The topological polar surface area (TPSA) is 86.0 Å². The van der Waals surface area contributed by atoms with Gasteiger partial charge in [-0.15, -0.1) is 0 Å². The number of ether oxygens (including phenoxy) is 1. The Morgan fingerprint density at radius 1 is 1.03 bits per heavy atom. The minimum Gasteiger partial charge on any atom is -0.486 e. The molecule has 1 unspecified atom stereocenters. The molecule has 1 aromatic carbocycles. The highest BCUT2D eigenvalue weighted by Gasteiger charge is 2.21. The van der Waals surface area contributed by atoms with E-state index in [2.05, 4.69) is 69.2 Å². The van der Waals surface area contributed by atoms with Crippen molar-refractivity contribution in [1.29, 1.82) is 0 Å². The Bertz CT molecular complexity index is 1480. The Hall–Kier alpha value is -3.91. The van der Waals surface area contributed by atoms with Crippen LogP contribution < -0.4 is 9.64 Å². The van der Waals surface area contributed by atoms with Crippen LogP contribution in [0.5, 0.6) is 5.75 Å². The van der Waals surface area contributed by atoms with Crippen molar-refractivity contribution in [2.75, 3.05) is 32.1 Å². The van der Waals surface area contributed by atoms with Crippen LogP contribution in [0.15, 0.2) is 61.1 Å². The molecule has 6 rings (SSSR count). The summed E-state index contributed by atoms with van der Waals surface area (Å²) in [5.41, 5.74) is 4.81. The number of hydrogen-bond donors (Lipinski definition) is 2. The molecular formula is C28H31N7O. The maximum absolute atomic E-state index is 6.36. The quantitative estimate of drug-likeness (QED) is 0.348. The zero-order chi connectivity index (χ0) is 24.6. The van der Waals surface area contributed by atoms with Crippen molar-refractivity contribution in [2.24, 2.45) is 0 Å². The molecule has 1 aliphatic rings. The summed E-state index contributed by atoms with van der Waals surface area (Å²) in [7, 11) is 4.33. The molecule has 0 bridgehead atoms. The number of rotatable bonds is 6. The summed E-state index contributed by atoms with van der Waals surface area (Å²) in [5, 5.41) is 9.84. The number of aromatic nitrogens is 5. The van der Waals surface area contributed by atoms with Crippen molar-refractivity contribution >= 4 is 27.8 Å². The highest BCUT2D eigenvalue weighted by atomic mass is 16.5. The van der Waals surface area contributed by atoms with Gasteiger partial charge in [-0.1, -0.05) is 0 Å². The molecule has 1 fully saturated rings. The van der Waals surface area contributed by atoms with Gasteiger partial charge in [0.2, 0.25) is 0 Å². The maximum Gasteiger partial charge on any atom is 0.137 e. The summed E-state index contributed by atoms with van der Waals surface area (Å²) in [6, 6.07) is 15.0. The summed E-state index contributed by atoms with van der Waals surface area (Å²) in [6.45, 7) is 4.13. The molecule has 0 radical (unpaired) electrons. The van der Waals surface area contributed by atoms with Gasteiger partial charge in [-0.3, -0.25) is 5.10 Å². The van der Waals surface area contributed by atoms with Crippen LogP contribution in [-0.4, -0.2) is 63.3 Å². The molecule has 1 atom stereocenters. The fraction of sp³-hybridized carbons (Fsp3) is 0.321. The molecule has 1 aliphatic heterocycles. The fourth-order valence-electron chi connectivity index (χ4n) is 5.22. The molecule has 36 heavy (non-hydrogen) atoms. The number of nitrogens with one attached hydrogen (secondary N) is 2. The fourth-order valence-corrected chi connectivity index (χ4v) is 5.22. The Kier molecular flexibility index (Phi) is 5.81. The van der Waals surface area contributed by atoms with E-state index in [9.17, 15) is 0 Å². The summed E-state index contributed by atoms with van der Waals surface area (Å²) >= 11 is 0. The van der Waals surface area contributed by atoms with Gasteiger partial charge in [0, 0.05) is 59.6 Å². The lowest BCUT2D eigenvalue weighted by atomic mass is 10.0.